The Bertz CT molecular complexity index is 337. The minimum atomic E-state index is 0.126. The van der Waals surface area contributed by atoms with Gasteiger partial charge < -0.3 is 4.90 Å². The number of rotatable bonds is 7. The lowest BCUT2D eigenvalue weighted by molar-refractivity contribution is 0.352. The fourth-order valence-corrected chi connectivity index (χ4v) is 2.37. The van der Waals surface area contributed by atoms with Crippen LogP contribution >= 0.6 is 15.9 Å². The molecule has 1 unspecified atom stereocenters. The Morgan fingerprint density at radius 1 is 1.59 bits per heavy atom. The molecule has 17 heavy (non-hydrogen) atoms. The first kappa shape index (κ1) is 14.6. The molecule has 0 bridgehead atoms. The highest BCUT2D eigenvalue weighted by Gasteiger charge is 2.18. The van der Waals surface area contributed by atoms with Crippen LogP contribution in [0.15, 0.2) is 10.7 Å². The third kappa shape index (κ3) is 4.06. The topological polar surface area (TPSA) is 59.1 Å². The van der Waals surface area contributed by atoms with Crippen LogP contribution in [0.3, 0.4) is 0 Å². The number of aromatic nitrogens is 2. The fraction of sp³-hybridized carbons (Fsp3) is 0.727. The van der Waals surface area contributed by atoms with Crippen LogP contribution in [0.5, 0.6) is 0 Å². The number of hydrazine groups is 1. The molecule has 1 rings (SSSR count). The average molecular weight is 304 g/mol. The van der Waals surface area contributed by atoms with Gasteiger partial charge >= 0.3 is 0 Å². The SMILES string of the molecule is CCCn1ncc(Br)c1C(CCN(C)C)NN. The van der Waals surface area contributed by atoms with E-state index in [-0.39, 0.29) is 6.04 Å². The first-order valence-electron chi connectivity index (χ1n) is 5.92. The highest BCUT2D eigenvalue weighted by atomic mass is 79.9. The van der Waals surface area contributed by atoms with Crippen LogP contribution in [0.25, 0.3) is 0 Å². The van der Waals surface area contributed by atoms with Gasteiger partial charge in [0.25, 0.3) is 0 Å². The lowest BCUT2D eigenvalue weighted by Crippen LogP contribution is -2.32. The molecular formula is C11H22BrN5. The summed E-state index contributed by atoms with van der Waals surface area (Å²) in [5.74, 6) is 5.65. The minimum Gasteiger partial charge on any atom is -0.309 e. The summed E-state index contributed by atoms with van der Waals surface area (Å²) in [7, 11) is 4.12. The first-order valence-corrected chi connectivity index (χ1v) is 6.71. The van der Waals surface area contributed by atoms with Gasteiger partial charge in [-0.15, -0.1) is 0 Å². The molecule has 0 aliphatic heterocycles. The normalized spacial score (nSPS) is 13.3. The number of halogens is 1. The Labute approximate surface area is 111 Å². The molecule has 0 aliphatic carbocycles. The summed E-state index contributed by atoms with van der Waals surface area (Å²) in [5, 5.41) is 4.36. The summed E-state index contributed by atoms with van der Waals surface area (Å²) in [6.45, 7) is 4.05. The van der Waals surface area contributed by atoms with E-state index in [2.05, 4.69) is 52.4 Å². The predicted molar refractivity (Wildman–Crippen MR) is 73.5 cm³/mol. The van der Waals surface area contributed by atoms with Crippen LogP contribution in [0, 0.1) is 0 Å². The van der Waals surface area contributed by atoms with Crippen LogP contribution < -0.4 is 11.3 Å². The Balaban J connectivity index is 2.82. The van der Waals surface area contributed by atoms with Crippen molar-refractivity contribution in [1.82, 2.24) is 20.1 Å². The number of nitrogens with one attached hydrogen (secondary N) is 1. The quantitative estimate of drug-likeness (QED) is 0.592. The Morgan fingerprint density at radius 3 is 2.82 bits per heavy atom. The van der Waals surface area contributed by atoms with Crippen LogP contribution in [0.1, 0.15) is 31.5 Å². The van der Waals surface area contributed by atoms with E-state index in [4.69, 9.17) is 5.84 Å². The molecule has 0 amide bonds. The maximum Gasteiger partial charge on any atom is 0.0709 e. The zero-order valence-corrected chi connectivity index (χ0v) is 12.4. The highest BCUT2D eigenvalue weighted by Crippen LogP contribution is 2.25. The molecule has 0 aromatic carbocycles. The molecular weight excluding hydrogens is 282 g/mol. The number of nitrogens with two attached hydrogens (primary N) is 1. The van der Waals surface area contributed by atoms with Gasteiger partial charge in [-0.25, -0.2) is 0 Å². The van der Waals surface area contributed by atoms with Crippen molar-refractivity contribution >= 4 is 15.9 Å². The van der Waals surface area contributed by atoms with E-state index in [1.807, 2.05) is 10.9 Å². The van der Waals surface area contributed by atoms with E-state index in [1.165, 1.54) is 0 Å². The Hall–Kier alpha value is -0.430. The number of nitrogens with zero attached hydrogens (tertiary/aromatic N) is 3. The highest BCUT2D eigenvalue weighted by molar-refractivity contribution is 9.10. The summed E-state index contributed by atoms with van der Waals surface area (Å²) >= 11 is 3.54. The van der Waals surface area contributed by atoms with Crippen molar-refractivity contribution in [2.75, 3.05) is 20.6 Å². The second kappa shape index (κ2) is 7.10. The third-order valence-electron chi connectivity index (χ3n) is 2.66. The standard InChI is InChI=1S/C11H22BrN5/c1-4-6-17-11(9(12)8-14-17)10(15-13)5-7-16(2)3/h8,10,15H,4-7,13H2,1-3H3. The van der Waals surface area contributed by atoms with Crippen LogP contribution in [-0.4, -0.2) is 35.3 Å². The van der Waals surface area contributed by atoms with E-state index in [0.717, 1.165) is 36.1 Å². The van der Waals surface area contributed by atoms with Gasteiger partial charge in [-0.2, -0.15) is 5.10 Å². The number of hydrogen-bond acceptors (Lipinski definition) is 4. The maximum absolute atomic E-state index is 5.65. The summed E-state index contributed by atoms with van der Waals surface area (Å²) in [4.78, 5) is 2.15. The molecule has 0 saturated carbocycles. The monoisotopic (exact) mass is 303 g/mol. The molecule has 0 fully saturated rings. The molecule has 1 heterocycles. The van der Waals surface area contributed by atoms with Crippen molar-refractivity contribution in [1.29, 1.82) is 0 Å². The second-order valence-electron chi connectivity index (χ2n) is 4.41. The molecule has 98 valence electrons. The average Bonchev–Trinajstić information content (AvgIpc) is 2.63. The lowest BCUT2D eigenvalue weighted by atomic mass is 10.1. The van der Waals surface area contributed by atoms with Crippen molar-refractivity contribution in [2.45, 2.75) is 32.4 Å². The Morgan fingerprint density at radius 2 is 2.29 bits per heavy atom. The summed E-state index contributed by atoms with van der Waals surface area (Å²) in [6.07, 6.45) is 3.86. The molecule has 0 spiro atoms. The molecule has 1 aromatic rings. The zero-order chi connectivity index (χ0) is 12.8. The van der Waals surface area contributed by atoms with E-state index < -0.39 is 0 Å². The van der Waals surface area contributed by atoms with Gasteiger partial charge in [0.15, 0.2) is 0 Å². The summed E-state index contributed by atoms with van der Waals surface area (Å²) in [5.41, 5.74) is 4.02. The second-order valence-corrected chi connectivity index (χ2v) is 5.27. The maximum atomic E-state index is 5.65. The third-order valence-corrected chi connectivity index (χ3v) is 3.28. The van der Waals surface area contributed by atoms with E-state index >= 15 is 0 Å². The predicted octanol–water partition coefficient (Wildman–Crippen LogP) is 1.51. The first-order chi connectivity index (χ1) is 8.10. The molecule has 6 heteroatoms. The molecule has 0 radical (unpaired) electrons. The Kier molecular flexibility index (Phi) is 6.11. The summed E-state index contributed by atoms with van der Waals surface area (Å²) in [6, 6.07) is 0.126. The fourth-order valence-electron chi connectivity index (χ4n) is 1.79. The zero-order valence-electron chi connectivity index (χ0n) is 10.8. The van der Waals surface area contributed by atoms with Gasteiger partial charge in [-0.3, -0.25) is 16.0 Å². The summed E-state index contributed by atoms with van der Waals surface area (Å²) < 4.78 is 3.04. The smallest absolute Gasteiger partial charge is 0.0709 e. The van der Waals surface area contributed by atoms with E-state index in [1.54, 1.807) is 0 Å². The van der Waals surface area contributed by atoms with Crippen LogP contribution in [-0.2, 0) is 6.54 Å². The molecule has 0 saturated heterocycles. The molecule has 1 aromatic heterocycles. The molecule has 3 N–H and O–H groups in total. The van der Waals surface area contributed by atoms with E-state index in [9.17, 15) is 0 Å². The van der Waals surface area contributed by atoms with Crippen molar-refractivity contribution in [3.63, 3.8) is 0 Å². The van der Waals surface area contributed by atoms with Gasteiger partial charge in [0.1, 0.15) is 0 Å². The van der Waals surface area contributed by atoms with Gasteiger partial charge in [0.05, 0.1) is 22.4 Å². The van der Waals surface area contributed by atoms with Crippen molar-refractivity contribution in [3.05, 3.63) is 16.4 Å². The van der Waals surface area contributed by atoms with Crippen LogP contribution in [0.4, 0.5) is 0 Å². The minimum absolute atomic E-state index is 0.126. The molecule has 0 aliphatic rings. The number of aryl methyl sites for hydroxylation is 1. The molecule has 5 nitrogen and oxygen atoms in total. The van der Waals surface area contributed by atoms with Crippen molar-refractivity contribution in [2.24, 2.45) is 5.84 Å². The van der Waals surface area contributed by atoms with Crippen molar-refractivity contribution in [3.8, 4) is 0 Å². The largest absolute Gasteiger partial charge is 0.309 e. The van der Waals surface area contributed by atoms with E-state index in [0.29, 0.717) is 0 Å². The lowest BCUT2D eigenvalue weighted by Gasteiger charge is -2.20. The molecule has 1 atom stereocenters. The number of hydrogen-bond donors (Lipinski definition) is 2. The van der Waals surface area contributed by atoms with Crippen molar-refractivity contribution < 1.29 is 0 Å². The van der Waals surface area contributed by atoms with Gasteiger partial charge in [-0.05, 0) is 49.4 Å². The van der Waals surface area contributed by atoms with Gasteiger partial charge in [0, 0.05) is 6.54 Å². The van der Waals surface area contributed by atoms with Crippen LogP contribution in [0.2, 0.25) is 0 Å². The van der Waals surface area contributed by atoms with Gasteiger partial charge in [0.2, 0.25) is 0 Å². The van der Waals surface area contributed by atoms with Gasteiger partial charge in [-0.1, -0.05) is 6.92 Å².